The molecule has 12 heteroatoms. The fraction of sp³-hybridized carbons (Fsp3) is 0.250. The maximum absolute atomic E-state index is 12.8. The van der Waals surface area contributed by atoms with Gasteiger partial charge in [0.1, 0.15) is 23.7 Å². The van der Waals surface area contributed by atoms with E-state index in [9.17, 15) is 29.1 Å². The number of nitrogens with one attached hydrogen (secondary N) is 1. The van der Waals surface area contributed by atoms with Gasteiger partial charge < -0.3 is 19.9 Å². The molecule has 2 amide bonds. The number of ether oxygens (including phenoxy) is 2. The van der Waals surface area contributed by atoms with E-state index in [1.807, 2.05) is 0 Å². The van der Waals surface area contributed by atoms with E-state index in [0.29, 0.717) is 5.56 Å². The van der Waals surface area contributed by atoms with Crippen LogP contribution >= 0.6 is 23.4 Å². The molecule has 168 valence electrons. The van der Waals surface area contributed by atoms with Gasteiger partial charge in [-0.1, -0.05) is 53.7 Å². The second-order valence-electron chi connectivity index (χ2n) is 6.61. The van der Waals surface area contributed by atoms with Crippen molar-refractivity contribution in [1.29, 1.82) is 0 Å². The summed E-state index contributed by atoms with van der Waals surface area (Å²) in [6, 6.07) is 7.10. The number of halogens is 1. The first-order valence-electron chi connectivity index (χ1n) is 9.14. The molecule has 0 bridgehead atoms. The van der Waals surface area contributed by atoms with Crippen LogP contribution in [0.5, 0.6) is 0 Å². The summed E-state index contributed by atoms with van der Waals surface area (Å²) in [6.45, 7) is 0.899. The SMILES string of the molecule is CC(=O)OCC1=C(C(=O)O)N2C(=O)C(NC(=O)C(OC=O)c3ccccc3)[C@@H]2SC1=CCl. The molecule has 0 saturated carbocycles. The van der Waals surface area contributed by atoms with E-state index < -0.39 is 41.3 Å². The Morgan fingerprint density at radius 1 is 1.31 bits per heavy atom. The summed E-state index contributed by atoms with van der Waals surface area (Å²) in [5.74, 6) is -3.48. The molecule has 1 aromatic carbocycles. The van der Waals surface area contributed by atoms with E-state index in [-0.39, 0.29) is 29.3 Å². The van der Waals surface area contributed by atoms with Crippen LogP contribution in [0.1, 0.15) is 18.6 Å². The number of fused-ring (bicyclic) bond motifs is 1. The van der Waals surface area contributed by atoms with Crippen molar-refractivity contribution in [2.45, 2.75) is 24.4 Å². The Bertz CT molecular complexity index is 1030. The number of aliphatic carboxylic acids is 1. The molecular formula is C20H17ClN2O8S. The molecule has 10 nitrogen and oxygen atoms in total. The lowest BCUT2D eigenvalue weighted by Gasteiger charge is -2.49. The number of β-lactam (4-membered cyclic amide) rings is 1. The Morgan fingerprint density at radius 2 is 2.00 bits per heavy atom. The van der Waals surface area contributed by atoms with Gasteiger partial charge in [0, 0.05) is 28.5 Å². The second kappa shape index (κ2) is 9.88. The minimum Gasteiger partial charge on any atom is -0.477 e. The maximum Gasteiger partial charge on any atom is 0.353 e. The number of hydrogen-bond acceptors (Lipinski definition) is 8. The van der Waals surface area contributed by atoms with Crippen molar-refractivity contribution in [1.82, 2.24) is 10.2 Å². The standard InChI is InChI=1S/C20H17ClN2O8S/c1-10(25)30-8-12-13(7-21)32-19-14(18(27)23(19)15(12)20(28)29)22-17(26)16(31-9-24)11-5-3-2-4-6-11/h2-7,9,14,16,19H,8H2,1H3,(H,22,26)(H,28,29)/t14?,16?,19-/m0/s1. The highest BCUT2D eigenvalue weighted by Gasteiger charge is 2.55. The zero-order valence-corrected chi connectivity index (χ0v) is 18.1. The Balaban J connectivity index is 1.85. The van der Waals surface area contributed by atoms with Crippen LogP contribution in [-0.4, -0.2) is 58.3 Å². The quantitative estimate of drug-likeness (QED) is 0.320. The van der Waals surface area contributed by atoms with Crippen molar-refractivity contribution < 1.29 is 38.6 Å². The van der Waals surface area contributed by atoms with Gasteiger partial charge in [-0.2, -0.15) is 0 Å². The molecule has 2 N–H and O–H groups in total. The highest BCUT2D eigenvalue weighted by molar-refractivity contribution is 8.04. The van der Waals surface area contributed by atoms with Crippen LogP contribution in [-0.2, 0) is 33.4 Å². The number of thioether (sulfide) groups is 1. The van der Waals surface area contributed by atoms with E-state index in [0.717, 1.165) is 29.1 Å². The fourth-order valence-corrected chi connectivity index (χ4v) is 4.79. The van der Waals surface area contributed by atoms with Crippen LogP contribution in [0.2, 0.25) is 0 Å². The van der Waals surface area contributed by atoms with Crippen LogP contribution in [0.4, 0.5) is 0 Å². The number of carboxylic acid groups (broad SMARTS) is 1. The molecule has 2 aliphatic rings. The molecule has 0 radical (unpaired) electrons. The molecule has 0 aromatic heterocycles. The molecule has 2 aliphatic heterocycles. The van der Waals surface area contributed by atoms with Gasteiger partial charge in [-0.05, 0) is 0 Å². The highest BCUT2D eigenvalue weighted by atomic mass is 35.5. The van der Waals surface area contributed by atoms with Crippen molar-refractivity contribution in [3.63, 3.8) is 0 Å². The predicted molar refractivity (Wildman–Crippen MR) is 112 cm³/mol. The van der Waals surface area contributed by atoms with E-state index >= 15 is 0 Å². The first kappa shape index (κ1) is 23.4. The van der Waals surface area contributed by atoms with Gasteiger partial charge in [0.15, 0.2) is 0 Å². The first-order valence-corrected chi connectivity index (χ1v) is 10.5. The molecule has 3 rings (SSSR count). The van der Waals surface area contributed by atoms with Gasteiger partial charge >= 0.3 is 11.9 Å². The second-order valence-corrected chi connectivity index (χ2v) is 7.99. The molecule has 1 aromatic rings. The van der Waals surface area contributed by atoms with Crippen LogP contribution in [0.3, 0.4) is 0 Å². The Labute approximate surface area is 191 Å². The minimum atomic E-state index is -1.42. The third-order valence-corrected chi connectivity index (χ3v) is 6.36. The van der Waals surface area contributed by atoms with Crippen molar-refractivity contribution in [2.75, 3.05) is 6.61 Å². The van der Waals surface area contributed by atoms with Crippen LogP contribution in [0.15, 0.2) is 52.0 Å². The van der Waals surface area contributed by atoms with Crippen molar-refractivity contribution >= 4 is 53.6 Å². The maximum atomic E-state index is 12.8. The number of carbonyl (C=O) groups is 5. The molecule has 32 heavy (non-hydrogen) atoms. The number of esters is 1. The van der Waals surface area contributed by atoms with Crippen molar-refractivity contribution in [3.05, 3.63) is 57.6 Å². The monoisotopic (exact) mass is 480 g/mol. The Hall–Kier alpha value is -3.31. The fourth-order valence-electron chi connectivity index (χ4n) is 3.26. The van der Waals surface area contributed by atoms with Gasteiger partial charge in [0.25, 0.3) is 18.3 Å². The minimum absolute atomic E-state index is 0.0635. The largest absolute Gasteiger partial charge is 0.477 e. The van der Waals surface area contributed by atoms with E-state index in [4.69, 9.17) is 21.1 Å². The van der Waals surface area contributed by atoms with Gasteiger partial charge in [-0.15, -0.1) is 0 Å². The summed E-state index contributed by atoms with van der Waals surface area (Å²) >= 11 is 6.89. The van der Waals surface area contributed by atoms with Gasteiger partial charge in [0.05, 0.1) is 0 Å². The molecule has 2 heterocycles. The van der Waals surface area contributed by atoms with Gasteiger partial charge in [0.2, 0.25) is 6.10 Å². The summed E-state index contributed by atoms with van der Waals surface area (Å²) in [7, 11) is 0. The molecule has 2 unspecified atom stereocenters. The first-order chi connectivity index (χ1) is 15.3. The molecule has 1 saturated heterocycles. The zero-order valence-electron chi connectivity index (χ0n) is 16.5. The van der Waals surface area contributed by atoms with E-state index in [2.05, 4.69) is 5.32 Å². The lowest BCUT2D eigenvalue weighted by Crippen LogP contribution is -2.70. The molecule has 1 fully saturated rings. The summed E-state index contributed by atoms with van der Waals surface area (Å²) in [5, 5.41) is 11.4. The topological polar surface area (TPSA) is 139 Å². The third-order valence-electron chi connectivity index (χ3n) is 4.67. The summed E-state index contributed by atoms with van der Waals surface area (Å²) in [5.41, 5.74) is 1.19. The lowest BCUT2D eigenvalue weighted by atomic mass is 10.0. The number of amides is 2. The number of benzene rings is 1. The number of hydrogen-bond donors (Lipinski definition) is 2. The average Bonchev–Trinajstić information content (AvgIpc) is 2.78. The summed E-state index contributed by atoms with van der Waals surface area (Å²) in [4.78, 5) is 60.8. The Kier molecular flexibility index (Phi) is 7.21. The highest BCUT2D eigenvalue weighted by Crippen LogP contribution is 2.46. The van der Waals surface area contributed by atoms with Crippen molar-refractivity contribution in [3.8, 4) is 0 Å². The van der Waals surface area contributed by atoms with Crippen LogP contribution < -0.4 is 5.32 Å². The summed E-state index contributed by atoms with van der Waals surface area (Å²) in [6.07, 6.45) is -1.29. The number of carbonyl (C=O) groups excluding carboxylic acids is 4. The number of nitrogens with zero attached hydrogens (tertiary/aromatic N) is 1. The zero-order chi connectivity index (χ0) is 23.4. The molecule has 0 spiro atoms. The van der Waals surface area contributed by atoms with Crippen LogP contribution in [0, 0.1) is 0 Å². The Morgan fingerprint density at radius 3 is 2.56 bits per heavy atom. The normalized spacial score (nSPS) is 21.9. The van der Waals surface area contributed by atoms with E-state index in [1.165, 1.54) is 0 Å². The number of rotatable bonds is 8. The molecule has 3 atom stereocenters. The smallest absolute Gasteiger partial charge is 0.353 e. The van der Waals surface area contributed by atoms with Gasteiger partial charge in [-0.3, -0.25) is 24.1 Å². The average molecular weight is 481 g/mol. The number of carboxylic acids is 1. The molecule has 0 aliphatic carbocycles. The molecular weight excluding hydrogens is 464 g/mol. The van der Waals surface area contributed by atoms with Crippen molar-refractivity contribution in [2.24, 2.45) is 0 Å². The van der Waals surface area contributed by atoms with E-state index in [1.54, 1.807) is 30.3 Å². The lowest BCUT2D eigenvalue weighted by molar-refractivity contribution is -0.154. The predicted octanol–water partition coefficient (Wildman–Crippen LogP) is 1.28. The summed E-state index contributed by atoms with van der Waals surface area (Å²) < 4.78 is 9.80. The third kappa shape index (κ3) is 4.48. The van der Waals surface area contributed by atoms with Crippen LogP contribution in [0.25, 0.3) is 0 Å². The van der Waals surface area contributed by atoms with Gasteiger partial charge in [-0.25, -0.2) is 4.79 Å².